The Balaban J connectivity index is 1.86. The van der Waals surface area contributed by atoms with Crippen molar-refractivity contribution in [2.75, 3.05) is 26.7 Å². The molecule has 1 aromatic carbocycles. The molecular formula is C17H20N2O5S. The van der Waals surface area contributed by atoms with Gasteiger partial charge in [-0.3, -0.25) is 0 Å². The van der Waals surface area contributed by atoms with E-state index in [1.165, 1.54) is 23.5 Å². The number of hydrogen-bond donors (Lipinski definition) is 1. The van der Waals surface area contributed by atoms with Crippen LogP contribution in [0.2, 0.25) is 0 Å². The minimum Gasteiger partial charge on any atom is -0.463 e. The van der Waals surface area contributed by atoms with Crippen LogP contribution in [0.25, 0.3) is 0 Å². The molecule has 2 atom stereocenters. The van der Waals surface area contributed by atoms with Crippen LogP contribution in [0.15, 0.2) is 52.0 Å². The molecule has 1 aliphatic heterocycles. The Morgan fingerprint density at radius 1 is 1.24 bits per heavy atom. The molecular weight excluding hydrogens is 344 g/mol. The quantitative estimate of drug-likeness (QED) is 0.805. The lowest BCUT2D eigenvalue weighted by Gasteiger charge is -2.16. The summed E-state index contributed by atoms with van der Waals surface area (Å²) < 4.78 is 36.8. The van der Waals surface area contributed by atoms with Gasteiger partial charge in [-0.05, 0) is 30.2 Å². The van der Waals surface area contributed by atoms with Crippen molar-refractivity contribution in [1.29, 1.82) is 0 Å². The lowest BCUT2D eigenvalue weighted by Crippen LogP contribution is -2.29. The van der Waals surface area contributed by atoms with Crippen molar-refractivity contribution in [2.24, 2.45) is 11.7 Å². The number of carbonyl (C=O) groups excluding carboxylic acids is 1. The van der Waals surface area contributed by atoms with Gasteiger partial charge in [0, 0.05) is 19.0 Å². The molecule has 1 fully saturated rings. The molecule has 0 amide bonds. The molecule has 25 heavy (non-hydrogen) atoms. The molecule has 1 aromatic heterocycles. The summed E-state index contributed by atoms with van der Waals surface area (Å²) in [6.45, 7) is 1.02. The third-order valence-electron chi connectivity index (χ3n) is 4.50. The van der Waals surface area contributed by atoms with Crippen molar-refractivity contribution in [1.82, 2.24) is 4.31 Å². The zero-order valence-corrected chi connectivity index (χ0v) is 14.6. The van der Waals surface area contributed by atoms with E-state index in [0.29, 0.717) is 19.6 Å². The maximum atomic E-state index is 12.8. The first-order chi connectivity index (χ1) is 12.0. The van der Waals surface area contributed by atoms with Gasteiger partial charge in [0.05, 0.1) is 7.11 Å². The Labute approximate surface area is 146 Å². The molecule has 7 nitrogen and oxygen atoms in total. The number of methoxy groups -OCH3 is 1. The summed E-state index contributed by atoms with van der Waals surface area (Å²) >= 11 is 0. The van der Waals surface area contributed by atoms with Crippen LogP contribution in [0.4, 0.5) is 0 Å². The van der Waals surface area contributed by atoms with E-state index in [1.807, 2.05) is 30.3 Å². The van der Waals surface area contributed by atoms with E-state index in [1.54, 1.807) is 0 Å². The molecule has 2 heterocycles. The average molecular weight is 364 g/mol. The van der Waals surface area contributed by atoms with Gasteiger partial charge in [0.1, 0.15) is 0 Å². The minimum atomic E-state index is -3.84. The maximum Gasteiger partial charge on any atom is 0.374 e. The first-order valence-corrected chi connectivity index (χ1v) is 9.34. The summed E-state index contributed by atoms with van der Waals surface area (Å²) in [7, 11) is -2.64. The molecule has 0 unspecified atom stereocenters. The van der Waals surface area contributed by atoms with Crippen molar-refractivity contribution in [3.63, 3.8) is 0 Å². The van der Waals surface area contributed by atoms with Crippen LogP contribution < -0.4 is 5.73 Å². The van der Waals surface area contributed by atoms with Gasteiger partial charge in [-0.15, -0.1) is 0 Å². The van der Waals surface area contributed by atoms with Crippen LogP contribution in [-0.4, -0.2) is 45.4 Å². The fourth-order valence-corrected chi connectivity index (χ4v) is 4.58. The second-order valence-electron chi connectivity index (χ2n) is 5.95. The van der Waals surface area contributed by atoms with Gasteiger partial charge in [-0.2, -0.15) is 4.31 Å². The number of furan rings is 1. The zero-order chi connectivity index (χ0) is 18.0. The number of ether oxygens (including phenoxy) is 1. The highest BCUT2D eigenvalue weighted by Crippen LogP contribution is 2.35. The van der Waals surface area contributed by atoms with Gasteiger partial charge in [-0.25, -0.2) is 13.2 Å². The number of hydrogen-bond acceptors (Lipinski definition) is 6. The summed E-state index contributed by atoms with van der Waals surface area (Å²) in [6, 6.07) is 12.3. The highest BCUT2D eigenvalue weighted by atomic mass is 32.2. The summed E-state index contributed by atoms with van der Waals surface area (Å²) in [5, 5.41) is -0.266. The standard InChI is InChI=1S/C17H20N2O5S/c1-23-17(20)15-7-8-16(24-15)25(21,22)19-10-13(9-18)14(11-19)12-5-3-2-4-6-12/h2-8,13-14H,9-11,18H2,1H3/t13-,14+/m1/s1. The van der Waals surface area contributed by atoms with Crippen LogP contribution >= 0.6 is 0 Å². The van der Waals surface area contributed by atoms with Crippen molar-refractivity contribution in [2.45, 2.75) is 11.0 Å². The fourth-order valence-electron chi connectivity index (χ4n) is 3.14. The number of nitrogens with two attached hydrogens (primary N) is 1. The normalized spacial score (nSPS) is 21.4. The van der Waals surface area contributed by atoms with Crippen molar-refractivity contribution in [3.05, 3.63) is 53.8 Å². The molecule has 3 rings (SSSR count). The first kappa shape index (κ1) is 17.7. The highest BCUT2D eigenvalue weighted by molar-refractivity contribution is 7.89. The fraction of sp³-hybridized carbons (Fsp3) is 0.353. The predicted molar refractivity (Wildman–Crippen MR) is 90.5 cm³/mol. The van der Waals surface area contributed by atoms with Crippen molar-refractivity contribution in [3.8, 4) is 0 Å². The first-order valence-electron chi connectivity index (χ1n) is 7.90. The van der Waals surface area contributed by atoms with Gasteiger partial charge >= 0.3 is 5.97 Å². The number of carbonyl (C=O) groups is 1. The Hall–Kier alpha value is -2.16. The van der Waals surface area contributed by atoms with Crippen LogP contribution in [0.3, 0.4) is 0 Å². The highest BCUT2D eigenvalue weighted by Gasteiger charge is 2.40. The van der Waals surface area contributed by atoms with Crippen molar-refractivity contribution >= 4 is 16.0 Å². The number of benzene rings is 1. The number of esters is 1. The third kappa shape index (κ3) is 3.33. The molecule has 0 saturated carbocycles. The lowest BCUT2D eigenvalue weighted by molar-refractivity contribution is 0.0558. The molecule has 2 aromatic rings. The second-order valence-corrected chi connectivity index (χ2v) is 7.81. The molecule has 1 saturated heterocycles. The van der Waals surface area contributed by atoms with Gasteiger partial charge in [0.25, 0.3) is 10.0 Å². The van der Waals surface area contributed by atoms with E-state index in [-0.39, 0.29) is 22.7 Å². The molecule has 0 bridgehead atoms. The van der Waals surface area contributed by atoms with E-state index in [0.717, 1.165) is 5.56 Å². The zero-order valence-electron chi connectivity index (χ0n) is 13.8. The molecule has 2 N–H and O–H groups in total. The van der Waals surface area contributed by atoms with Crippen LogP contribution in [0.1, 0.15) is 22.0 Å². The molecule has 0 aliphatic carbocycles. The van der Waals surface area contributed by atoms with E-state index >= 15 is 0 Å². The Bertz CT molecular complexity index is 847. The maximum absolute atomic E-state index is 12.8. The summed E-state index contributed by atoms with van der Waals surface area (Å²) in [4.78, 5) is 11.5. The lowest BCUT2D eigenvalue weighted by atomic mass is 9.89. The van der Waals surface area contributed by atoms with E-state index in [4.69, 9.17) is 10.2 Å². The molecule has 1 aliphatic rings. The van der Waals surface area contributed by atoms with Gasteiger partial charge in [0.2, 0.25) is 10.9 Å². The van der Waals surface area contributed by atoms with Crippen LogP contribution in [0.5, 0.6) is 0 Å². The van der Waals surface area contributed by atoms with E-state index in [2.05, 4.69) is 4.74 Å². The largest absolute Gasteiger partial charge is 0.463 e. The smallest absolute Gasteiger partial charge is 0.374 e. The summed E-state index contributed by atoms with van der Waals surface area (Å²) in [5.41, 5.74) is 6.92. The number of sulfonamides is 1. The summed E-state index contributed by atoms with van der Waals surface area (Å²) in [6.07, 6.45) is 0. The number of rotatable bonds is 5. The predicted octanol–water partition coefficient (Wildman–Crippen LogP) is 1.43. The Morgan fingerprint density at radius 2 is 1.96 bits per heavy atom. The van der Waals surface area contributed by atoms with E-state index < -0.39 is 16.0 Å². The second kappa shape index (κ2) is 6.99. The van der Waals surface area contributed by atoms with E-state index in [9.17, 15) is 13.2 Å². The Kier molecular flexibility index (Phi) is 4.94. The third-order valence-corrected chi connectivity index (χ3v) is 6.21. The molecule has 0 spiro atoms. The van der Waals surface area contributed by atoms with Crippen molar-refractivity contribution < 1.29 is 22.4 Å². The molecule has 134 valence electrons. The summed E-state index contributed by atoms with van der Waals surface area (Å²) in [5.74, 6) is -0.816. The van der Waals surface area contributed by atoms with Gasteiger partial charge in [-0.1, -0.05) is 30.3 Å². The Morgan fingerprint density at radius 3 is 2.60 bits per heavy atom. The van der Waals surface area contributed by atoms with Gasteiger partial charge in [0.15, 0.2) is 0 Å². The average Bonchev–Trinajstić information content (AvgIpc) is 3.29. The SMILES string of the molecule is COC(=O)c1ccc(S(=O)(=O)N2C[C@@H](CN)[C@H](c3ccccc3)C2)o1. The number of nitrogens with zero attached hydrogens (tertiary/aromatic N) is 1. The minimum absolute atomic E-state index is 0.0206. The van der Waals surface area contributed by atoms with Crippen LogP contribution in [0, 0.1) is 5.92 Å². The monoisotopic (exact) mass is 364 g/mol. The van der Waals surface area contributed by atoms with Gasteiger partial charge < -0.3 is 14.9 Å². The van der Waals surface area contributed by atoms with Crippen LogP contribution in [-0.2, 0) is 14.8 Å². The molecule has 0 radical (unpaired) electrons. The molecule has 8 heteroatoms. The topological polar surface area (TPSA) is 103 Å².